The monoisotopic (exact) mass is 362 g/mol. The third kappa shape index (κ3) is 3.41. The molecule has 25 heavy (non-hydrogen) atoms. The molecule has 0 spiro atoms. The molecule has 3 heteroatoms. The van der Waals surface area contributed by atoms with Gasteiger partial charge < -0.3 is 4.43 Å². The Morgan fingerprint density at radius 3 is 2.04 bits per heavy atom. The molecule has 3 aromatic carbocycles. The minimum absolute atomic E-state index is 0.775. The Morgan fingerprint density at radius 1 is 0.760 bits per heavy atom. The summed E-state index contributed by atoms with van der Waals surface area (Å²) >= 11 is 6.51. The Labute approximate surface area is 155 Å². The van der Waals surface area contributed by atoms with Gasteiger partial charge in [0, 0.05) is 5.56 Å². The lowest BCUT2D eigenvalue weighted by Gasteiger charge is -2.25. The van der Waals surface area contributed by atoms with E-state index in [1.54, 1.807) is 0 Å². The molecule has 0 unspecified atom stereocenters. The maximum absolute atomic E-state index is 6.69. The topological polar surface area (TPSA) is 9.23 Å². The first kappa shape index (κ1) is 16.2. The van der Waals surface area contributed by atoms with Crippen molar-refractivity contribution in [2.75, 3.05) is 0 Å². The average Bonchev–Trinajstić information content (AvgIpc) is 2.68. The Hall–Kier alpha value is -2.29. The lowest BCUT2D eigenvalue weighted by molar-refractivity contribution is 0.540. The number of fused-ring (bicyclic) bond motifs is 1. The van der Waals surface area contributed by atoms with Crippen LogP contribution in [0.5, 0.6) is 0 Å². The fraction of sp³-hybridized carbons (Fsp3) is 0.0909. The molecular formula is C22H19ClOSi. The van der Waals surface area contributed by atoms with Crippen LogP contribution in [0.15, 0.2) is 84.9 Å². The number of rotatable bonds is 4. The van der Waals surface area contributed by atoms with Crippen molar-refractivity contribution < 1.29 is 4.43 Å². The van der Waals surface area contributed by atoms with Crippen LogP contribution in [0.3, 0.4) is 0 Å². The second kappa shape index (κ2) is 7.30. The highest BCUT2D eigenvalue weighted by Gasteiger charge is 2.24. The molecule has 1 nitrogen and oxygen atoms in total. The van der Waals surface area contributed by atoms with Crippen LogP contribution in [-0.2, 0) is 10.8 Å². The van der Waals surface area contributed by atoms with Crippen molar-refractivity contribution in [3.8, 4) is 0 Å². The lowest BCUT2D eigenvalue weighted by Crippen LogP contribution is -2.44. The van der Waals surface area contributed by atoms with Gasteiger partial charge in [0.2, 0.25) is 0 Å². The summed E-state index contributed by atoms with van der Waals surface area (Å²) in [5, 5.41) is 3.32. The highest BCUT2D eigenvalue weighted by Crippen LogP contribution is 2.33. The molecule has 1 aliphatic rings. The molecule has 0 saturated carbocycles. The predicted octanol–water partition coefficient (Wildman–Crippen LogP) is 4.18. The van der Waals surface area contributed by atoms with Gasteiger partial charge in [0.05, 0.1) is 5.02 Å². The molecule has 0 aromatic heterocycles. The standard InChI is InChI=1S/C22H19ClOSi/c23-20-15-7-9-17-10-8-16-21(22(17)20)24-25(18-11-3-1-4-12-18)19-13-5-2-6-14-19/h1-7,9,11-16,25H,8,10H2. The van der Waals surface area contributed by atoms with Crippen LogP contribution in [0.4, 0.5) is 0 Å². The molecule has 0 saturated heterocycles. The van der Waals surface area contributed by atoms with Crippen molar-refractivity contribution in [1.29, 1.82) is 0 Å². The quantitative estimate of drug-likeness (QED) is 0.632. The van der Waals surface area contributed by atoms with Crippen LogP contribution in [0.2, 0.25) is 5.02 Å². The Kier molecular flexibility index (Phi) is 4.73. The minimum Gasteiger partial charge on any atom is -0.537 e. The molecule has 0 atom stereocenters. The van der Waals surface area contributed by atoms with E-state index in [0.717, 1.165) is 29.2 Å². The Bertz CT molecular complexity index is 851. The van der Waals surface area contributed by atoms with E-state index in [0.29, 0.717) is 0 Å². The largest absolute Gasteiger partial charge is 0.537 e. The van der Waals surface area contributed by atoms with Gasteiger partial charge in [-0.25, -0.2) is 0 Å². The molecule has 0 bridgehead atoms. The van der Waals surface area contributed by atoms with E-state index in [1.165, 1.54) is 15.9 Å². The van der Waals surface area contributed by atoms with Crippen molar-refractivity contribution in [2.45, 2.75) is 12.8 Å². The fourth-order valence-electron chi connectivity index (χ4n) is 3.33. The van der Waals surface area contributed by atoms with Crippen LogP contribution >= 0.6 is 11.6 Å². The fourth-order valence-corrected chi connectivity index (χ4v) is 5.89. The van der Waals surface area contributed by atoms with Crippen LogP contribution < -0.4 is 10.4 Å². The summed E-state index contributed by atoms with van der Waals surface area (Å²) in [4.78, 5) is 0. The zero-order valence-corrected chi connectivity index (χ0v) is 15.8. The van der Waals surface area contributed by atoms with Crippen molar-refractivity contribution in [2.24, 2.45) is 0 Å². The van der Waals surface area contributed by atoms with Crippen molar-refractivity contribution in [3.63, 3.8) is 0 Å². The number of halogens is 1. The lowest BCUT2D eigenvalue weighted by atomic mass is 9.96. The first-order chi connectivity index (χ1) is 12.3. The predicted molar refractivity (Wildman–Crippen MR) is 108 cm³/mol. The normalized spacial score (nSPS) is 13.3. The van der Waals surface area contributed by atoms with Gasteiger partial charge in [0.1, 0.15) is 5.76 Å². The zero-order valence-electron chi connectivity index (χ0n) is 13.9. The number of hydrogen-bond acceptors (Lipinski definition) is 1. The van der Waals surface area contributed by atoms with E-state index < -0.39 is 9.04 Å². The summed E-state index contributed by atoms with van der Waals surface area (Å²) in [6.45, 7) is 0. The smallest absolute Gasteiger partial charge is 0.299 e. The summed E-state index contributed by atoms with van der Waals surface area (Å²) in [6.07, 6.45) is 4.21. The van der Waals surface area contributed by atoms with Crippen LogP contribution in [0.1, 0.15) is 17.5 Å². The zero-order chi connectivity index (χ0) is 17.1. The third-order valence-corrected chi connectivity index (χ3v) is 7.32. The summed E-state index contributed by atoms with van der Waals surface area (Å²) in [5.74, 6) is 0.941. The molecule has 0 aliphatic heterocycles. The second-order valence-electron chi connectivity index (χ2n) is 6.20. The Balaban J connectivity index is 1.75. The van der Waals surface area contributed by atoms with E-state index in [1.807, 2.05) is 24.3 Å². The molecule has 0 N–H and O–H groups in total. The van der Waals surface area contributed by atoms with E-state index in [4.69, 9.17) is 16.0 Å². The average molecular weight is 363 g/mol. The van der Waals surface area contributed by atoms with E-state index in [9.17, 15) is 0 Å². The number of benzene rings is 3. The van der Waals surface area contributed by atoms with Crippen molar-refractivity contribution in [1.82, 2.24) is 0 Å². The minimum atomic E-state index is -1.83. The second-order valence-corrected chi connectivity index (χ2v) is 8.94. The highest BCUT2D eigenvalue weighted by atomic mass is 35.5. The van der Waals surface area contributed by atoms with Gasteiger partial charge in [0.15, 0.2) is 0 Å². The third-order valence-electron chi connectivity index (χ3n) is 4.54. The number of hydrogen-bond donors (Lipinski definition) is 0. The summed E-state index contributed by atoms with van der Waals surface area (Å²) in [6, 6.07) is 27.2. The molecule has 124 valence electrons. The molecule has 4 rings (SSSR count). The molecule has 0 heterocycles. The van der Waals surface area contributed by atoms with Crippen molar-refractivity contribution >= 4 is 36.8 Å². The summed E-state index contributed by atoms with van der Waals surface area (Å²) in [5.41, 5.74) is 2.35. The van der Waals surface area contributed by atoms with Crippen LogP contribution in [0.25, 0.3) is 5.76 Å². The van der Waals surface area contributed by atoms with Gasteiger partial charge in [0.25, 0.3) is 9.04 Å². The Morgan fingerprint density at radius 2 is 1.40 bits per heavy atom. The van der Waals surface area contributed by atoms with Crippen molar-refractivity contribution in [3.05, 3.63) is 101 Å². The van der Waals surface area contributed by atoms with Gasteiger partial charge in [-0.1, -0.05) is 84.4 Å². The van der Waals surface area contributed by atoms with Gasteiger partial charge in [-0.2, -0.15) is 0 Å². The van der Waals surface area contributed by atoms with E-state index in [2.05, 4.69) is 60.7 Å². The van der Waals surface area contributed by atoms with Crippen LogP contribution in [-0.4, -0.2) is 9.04 Å². The summed E-state index contributed by atoms with van der Waals surface area (Å²) in [7, 11) is -1.83. The van der Waals surface area contributed by atoms with Gasteiger partial charge in [-0.05, 0) is 40.9 Å². The SMILES string of the molecule is Clc1cccc2c1C(O[SiH](c1ccccc1)c1ccccc1)=CCC2. The van der Waals surface area contributed by atoms with E-state index in [-0.39, 0.29) is 0 Å². The maximum atomic E-state index is 6.69. The number of aryl methyl sites for hydroxylation is 1. The molecular weight excluding hydrogens is 344 g/mol. The number of allylic oxidation sites excluding steroid dienone is 1. The van der Waals surface area contributed by atoms with Gasteiger partial charge >= 0.3 is 0 Å². The molecule has 1 aliphatic carbocycles. The first-order valence-corrected chi connectivity index (χ1v) is 10.6. The molecule has 0 amide bonds. The van der Waals surface area contributed by atoms with E-state index >= 15 is 0 Å². The first-order valence-electron chi connectivity index (χ1n) is 8.57. The van der Waals surface area contributed by atoms with Gasteiger partial charge in [-0.15, -0.1) is 0 Å². The summed E-state index contributed by atoms with van der Waals surface area (Å²) < 4.78 is 6.69. The van der Waals surface area contributed by atoms with Gasteiger partial charge in [-0.3, -0.25) is 0 Å². The molecule has 3 aromatic rings. The molecule has 0 radical (unpaired) electrons. The van der Waals surface area contributed by atoms with Crippen LogP contribution in [0, 0.1) is 0 Å². The highest BCUT2D eigenvalue weighted by molar-refractivity contribution is 6.80. The molecule has 0 fully saturated rings. The maximum Gasteiger partial charge on any atom is 0.299 e.